The molecule has 2 aromatic carbocycles. The number of nitrogens with zero attached hydrogens (tertiary/aromatic N) is 5. The Bertz CT molecular complexity index is 1370. The number of rotatable bonds is 4. The van der Waals surface area contributed by atoms with Gasteiger partial charge in [-0.2, -0.15) is 5.10 Å². The van der Waals surface area contributed by atoms with E-state index < -0.39 is 0 Å². The van der Waals surface area contributed by atoms with E-state index in [1.807, 2.05) is 67.7 Å². The van der Waals surface area contributed by atoms with Gasteiger partial charge in [-0.15, -0.1) is 0 Å². The molecule has 0 bridgehead atoms. The molecule has 0 spiro atoms. The van der Waals surface area contributed by atoms with Crippen molar-refractivity contribution in [2.45, 2.75) is 13.5 Å². The van der Waals surface area contributed by atoms with E-state index in [1.165, 1.54) is 6.20 Å². The van der Waals surface area contributed by atoms with Gasteiger partial charge in [-0.05, 0) is 25.1 Å². The van der Waals surface area contributed by atoms with E-state index in [0.29, 0.717) is 23.1 Å². The molecule has 5 aromatic rings. The molecule has 0 unspecified atom stereocenters. The number of benzene rings is 2. The second kappa shape index (κ2) is 6.56. The second-order valence-corrected chi connectivity index (χ2v) is 6.74. The van der Waals surface area contributed by atoms with Crippen LogP contribution in [0.1, 0.15) is 6.92 Å². The Morgan fingerprint density at radius 3 is 2.52 bits per heavy atom. The monoisotopic (exact) mass is 383 g/mol. The van der Waals surface area contributed by atoms with Crippen LogP contribution in [0.15, 0.2) is 73.2 Å². The van der Waals surface area contributed by atoms with Gasteiger partial charge in [0.25, 0.3) is 5.69 Å². The van der Waals surface area contributed by atoms with Crippen molar-refractivity contribution in [1.29, 1.82) is 0 Å². The zero-order valence-electron chi connectivity index (χ0n) is 15.7. The summed E-state index contributed by atoms with van der Waals surface area (Å²) in [5, 5.41) is 17.8. The SMILES string of the molecule is CCn1ncc2c(-c3cn(-c4ccccc4)c4ccccc34)c([N+](=O)[O-])cnc21. The number of pyridine rings is 1. The Hall–Kier alpha value is -4.00. The standard InChI is InChI=1S/C22H17N5O2/c1-2-26-22-17(12-24-26)21(20(13-23-22)27(28)29)18-14-25(15-8-4-3-5-9-15)19-11-7-6-10-16(18)19/h3-14H,2H2,1H3. The Morgan fingerprint density at radius 2 is 1.76 bits per heavy atom. The summed E-state index contributed by atoms with van der Waals surface area (Å²) in [4.78, 5) is 15.8. The van der Waals surface area contributed by atoms with E-state index in [4.69, 9.17) is 0 Å². The van der Waals surface area contributed by atoms with Crippen LogP contribution in [0, 0.1) is 10.1 Å². The first-order chi connectivity index (χ1) is 14.2. The summed E-state index contributed by atoms with van der Waals surface area (Å²) >= 11 is 0. The third kappa shape index (κ3) is 2.59. The molecule has 3 aromatic heterocycles. The number of hydrogen-bond donors (Lipinski definition) is 0. The highest BCUT2D eigenvalue weighted by molar-refractivity contribution is 6.07. The topological polar surface area (TPSA) is 78.8 Å². The predicted molar refractivity (Wildman–Crippen MR) is 112 cm³/mol. The van der Waals surface area contributed by atoms with E-state index in [9.17, 15) is 10.1 Å². The van der Waals surface area contributed by atoms with Gasteiger partial charge in [0.2, 0.25) is 0 Å². The third-order valence-electron chi connectivity index (χ3n) is 5.16. The summed E-state index contributed by atoms with van der Waals surface area (Å²) in [7, 11) is 0. The van der Waals surface area contributed by atoms with Crippen molar-refractivity contribution in [2.24, 2.45) is 0 Å². The van der Waals surface area contributed by atoms with Crippen LogP contribution >= 0.6 is 0 Å². The van der Waals surface area contributed by atoms with Gasteiger partial charge in [-0.25, -0.2) is 9.67 Å². The van der Waals surface area contributed by atoms with Crippen molar-refractivity contribution in [2.75, 3.05) is 0 Å². The average Bonchev–Trinajstić information content (AvgIpc) is 3.35. The summed E-state index contributed by atoms with van der Waals surface area (Å²) in [6, 6.07) is 17.9. The minimum atomic E-state index is -0.375. The molecule has 0 aliphatic carbocycles. The summed E-state index contributed by atoms with van der Waals surface area (Å²) < 4.78 is 3.81. The van der Waals surface area contributed by atoms with E-state index >= 15 is 0 Å². The molecule has 0 N–H and O–H groups in total. The zero-order valence-corrected chi connectivity index (χ0v) is 15.7. The van der Waals surface area contributed by atoms with E-state index in [2.05, 4.69) is 14.6 Å². The Kier molecular flexibility index (Phi) is 3.87. The highest BCUT2D eigenvalue weighted by atomic mass is 16.6. The number of aryl methyl sites for hydroxylation is 1. The summed E-state index contributed by atoms with van der Waals surface area (Å²) in [5.41, 5.74) is 3.93. The second-order valence-electron chi connectivity index (χ2n) is 6.74. The van der Waals surface area contributed by atoms with Gasteiger partial charge >= 0.3 is 0 Å². The highest BCUT2D eigenvalue weighted by Crippen LogP contribution is 2.41. The van der Waals surface area contributed by atoms with Crippen LogP contribution in [0.5, 0.6) is 0 Å². The van der Waals surface area contributed by atoms with Crippen molar-refractivity contribution in [1.82, 2.24) is 19.3 Å². The molecular weight excluding hydrogens is 366 g/mol. The quantitative estimate of drug-likeness (QED) is 0.324. The fourth-order valence-corrected chi connectivity index (χ4v) is 3.85. The van der Waals surface area contributed by atoms with Gasteiger partial charge in [-0.3, -0.25) is 10.1 Å². The molecule has 0 aliphatic heterocycles. The van der Waals surface area contributed by atoms with Crippen LogP contribution in [0.4, 0.5) is 5.69 Å². The van der Waals surface area contributed by atoms with Crippen LogP contribution in [0.25, 0.3) is 38.8 Å². The minimum Gasteiger partial charge on any atom is -0.316 e. The average molecular weight is 383 g/mol. The van der Waals surface area contributed by atoms with Crippen molar-refractivity contribution in [3.8, 4) is 16.8 Å². The van der Waals surface area contributed by atoms with Gasteiger partial charge in [0.1, 0.15) is 6.20 Å². The zero-order chi connectivity index (χ0) is 20.0. The molecule has 7 nitrogen and oxygen atoms in total. The molecule has 5 rings (SSSR count). The molecule has 0 radical (unpaired) electrons. The van der Waals surface area contributed by atoms with Crippen LogP contribution in [-0.2, 0) is 6.54 Å². The van der Waals surface area contributed by atoms with Gasteiger partial charge in [0.15, 0.2) is 5.65 Å². The molecule has 29 heavy (non-hydrogen) atoms. The Morgan fingerprint density at radius 1 is 1.00 bits per heavy atom. The number of fused-ring (bicyclic) bond motifs is 2. The predicted octanol–water partition coefficient (Wildman–Crippen LogP) is 4.97. The molecule has 0 amide bonds. The largest absolute Gasteiger partial charge is 0.316 e. The fourth-order valence-electron chi connectivity index (χ4n) is 3.85. The van der Waals surface area contributed by atoms with Gasteiger partial charge < -0.3 is 4.57 Å². The highest BCUT2D eigenvalue weighted by Gasteiger charge is 2.25. The van der Waals surface area contributed by atoms with E-state index in [1.54, 1.807) is 10.9 Å². The normalized spacial score (nSPS) is 11.3. The lowest BCUT2D eigenvalue weighted by molar-refractivity contribution is -0.384. The molecule has 0 atom stereocenters. The van der Waals surface area contributed by atoms with Crippen molar-refractivity contribution < 1.29 is 4.92 Å². The Balaban J connectivity index is 1.90. The van der Waals surface area contributed by atoms with Crippen molar-refractivity contribution >= 4 is 27.6 Å². The van der Waals surface area contributed by atoms with Crippen LogP contribution in [0.3, 0.4) is 0 Å². The van der Waals surface area contributed by atoms with Crippen LogP contribution < -0.4 is 0 Å². The molecule has 0 saturated heterocycles. The smallest absolute Gasteiger partial charge is 0.296 e. The first-order valence-electron chi connectivity index (χ1n) is 9.34. The van der Waals surface area contributed by atoms with Gasteiger partial charge in [0.05, 0.1) is 27.6 Å². The Labute approximate surface area is 166 Å². The van der Waals surface area contributed by atoms with Crippen molar-refractivity contribution in [3.63, 3.8) is 0 Å². The number of para-hydroxylation sites is 2. The first-order valence-corrected chi connectivity index (χ1v) is 9.34. The molecule has 7 heteroatoms. The van der Waals surface area contributed by atoms with Crippen LogP contribution in [-0.4, -0.2) is 24.3 Å². The lowest BCUT2D eigenvalue weighted by atomic mass is 10.0. The van der Waals surface area contributed by atoms with Crippen molar-refractivity contribution in [3.05, 3.63) is 83.3 Å². The summed E-state index contributed by atoms with van der Waals surface area (Å²) in [5.74, 6) is 0. The van der Waals surface area contributed by atoms with Crippen LogP contribution in [0.2, 0.25) is 0 Å². The van der Waals surface area contributed by atoms with E-state index in [0.717, 1.165) is 22.2 Å². The first kappa shape index (κ1) is 17.1. The lowest BCUT2D eigenvalue weighted by Gasteiger charge is -2.05. The third-order valence-corrected chi connectivity index (χ3v) is 5.16. The molecule has 0 saturated carbocycles. The van der Waals surface area contributed by atoms with E-state index in [-0.39, 0.29) is 10.6 Å². The maximum Gasteiger partial charge on any atom is 0.296 e. The van der Waals surface area contributed by atoms with Gasteiger partial charge in [-0.1, -0.05) is 36.4 Å². The maximum absolute atomic E-state index is 11.9. The summed E-state index contributed by atoms with van der Waals surface area (Å²) in [6.07, 6.45) is 4.97. The molecule has 142 valence electrons. The fraction of sp³-hybridized carbons (Fsp3) is 0.0909. The molecular formula is C22H17N5O2. The molecule has 0 aliphatic rings. The maximum atomic E-state index is 11.9. The minimum absolute atomic E-state index is 0.0240. The molecule has 0 fully saturated rings. The number of nitro groups is 1. The number of aromatic nitrogens is 4. The molecule has 3 heterocycles. The number of hydrogen-bond acceptors (Lipinski definition) is 4. The summed E-state index contributed by atoms with van der Waals surface area (Å²) in [6.45, 7) is 2.61. The van der Waals surface area contributed by atoms with Gasteiger partial charge in [0, 0.05) is 29.4 Å². The lowest BCUT2D eigenvalue weighted by Crippen LogP contribution is -1.99.